The second-order valence-corrected chi connectivity index (χ2v) is 6.20. The van der Waals surface area contributed by atoms with Crippen molar-refractivity contribution < 1.29 is 0 Å². The first-order valence-electron chi connectivity index (χ1n) is 6.36. The molecule has 0 radical (unpaired) electrons. The standard InChI is InChI=1S/C14H21N/c1-3-4-15(2)14-8-11-5-12(9-14)7-13(6-11)10-14/h1,11-13H,4-10H2,2H3. The number of terminal acetylenes is 1. The molecule has 4 fully saturated rings. The molecule has 4 rings (SSSR count). The Morgan fingerprint density at radius 1 is 1.13 bits per heavy atom. The maximum Gasteiger partial charge on any atom is 0.0600 e. The van der Waals surface area contributed by atoms with Crippen LogP contribution in [0.15, 0.2) is 0 Å². The first kappa shape index (κ1) is 9.73. The predicted octanol–water partition coefficient (Wildman–Crippen LogP) is 2.52. The largest absolute Gasteiger partial charge is 0.290 e. The van der Waals surface area contributed by atoms with Gasteiger partial charge in [-0.25, -0.2) is 0 Å². The van der Waals surface area contributed by atoms with Crippen molar-refractivity contribution in [2.45, 2.75) is 44.1 Å². The average molecular weight is 203 g/mol. The van der Waals surface area contributed by atoms with E-state index >= 15 is 0 Å². The summed E-state index contributed by atoms with van der Waals surface area (Å²) in [5.41, 5.74) is 0.501. The summed E-state index contributed by atoms with van der Waals surface area (Å²) in [5.74, 6) is 5.89. The van der Waals surface area contributed by atoms with E-state index in [1.807, 2.05) is 0 Å². The quantitative estimate of drug-likeness (QED) is 0.623. The third-order valence-corrected chi connectivity index (χ3v) is 5.14. The molecule has 4 bridgehead atoms. The van der Waals surface area contributed by atoms with Crippen LogP contribution >= 0.6 is 0 Å². The molecule has 0 N–H and O–H groups in total. The molecule has 0 atom stereocenters. The van der Waals surface area contributed by atoms with Gasteiger partial charge in [0.05, 0.1) is 6.54 Å². The molecule has 0 aromatic carbocycles. The molecule has 0 aromatic rings. The summed E-state index contributed by atoms with van der Waals surface area (Å²) in [4.78, 5) is 2.48. The van der Waals surface area contributed by atoms with Crippen LogP contribution in [0.3, 0.4) is 0 Å². The van der Waals surface area contributed by atoms with E-state index in [9.17, 15) is 0 Å². The second kappa shape index (κ2) is 3.25. The number of hydrogen-bond acceptors (Lipinski definition) is 1. The molecule has 0 aromatic heterocycles. The fourth-order valence-electron chi connectivity index (χ4n) is 4.84. The van der Waals surface area contributed by atoms with Crippen molar-refractivity contribution in [2.24, 2.45) is 17.8 Å². The average Bonchev–Trinajstić information content (AvgIpc) is 2.15. The number of hydrogen-bond donors (Lipinski definition) is 0. The summed E-state index contributed by atoms with van der Waals surface area (Å²) < 4.78 is 0. The van der Waals surface area contributed by atoms with Crippen LogP contribution in [0.2, 0.25) is 0 Å². The highest BCUT2D eigenvalue weighted by Crippen LogP contribution is 2.57. The monoisotopic (exact) mass is 203 g/mol. The molecule has 4 aliphatic rings. The summed E-state index contributed by atoms with van der Waals surface area (Å²) in [7, 11) is 2.24. The molecule has 1 nitrogen and oxygen atoms in total. The van der Waals surface area contributed by atoms with E-state index in [2.05, 4.69) is 17.9 Å². The predicted molar refractivity (Wildman–Crippen MR) is 62.4 cm³/mol. The number of rotatable bonds is 2. The lowest BCUT2D eigenvalue weighted by Crippen LogP contribution is -2.58. The second-order valence-electron chi connectivity index (χ2n) is 6.20. The van der Waals surface area contributed by atoms with Gasteiger partial charge in [-0.15, -0.1) is 6.42 Å². The molecule has 0 saturated heterocycles. The van der Waals surface area contributed by atoms with Crippen molar-refractivity contribution in [2.75, 3.05) is 13.6 Å². The summed E-state index contributed by atoms with van der Waals surface area (Å²) in [6.07, 6.45) is 14.3. The first-order chi connectivity index (χ1) is 7.22. The van der Waals surface area contributed by atoms with Gasteiger partial charge in [0.2, 0.25) is 0 Å². The first-order valence-corrected chi connectivity index (χ1v) is 6.36. The highest BCUT2D eigenvalue weighted by Gasteiger charge is 2.52. The smallest absolute Gasteiger partial charge is 0.0600 e. The summed E-state index contributed by atoms with van der Waals surface area (Å²) in [6.45, 7) is 0.839. The third-order valence-electron chi connectivity index (χ3n) is 5.14. The maximum atomic E-state index is 5.46. The lowest BCUT2D eigenvalue weighted by molar-refractivity contribution is -0.0744. The van der Waals surface area contributed by atoms with Crippen LogP contribution in [0, 0.1) is 30.1 Å². The van der Waals surface area contributed by atoms with Crippen LogP contribution < -0.4 is 0 Å². The Morgan fingerprint density at radius 2 is 1.60 bits per heavy atom. The van der Waals surface area contributed by atoms with Gasteiger partial charge in [-0.2, -0.15) is 0 Å². The molecule has 0 spiro atoms. The minimum Gasteiger partial charge on any atom is -0.290 e. The summed E-state index contributed by atoms with van der Waals surface area (Å²) >= 11 is 0. The minimum atomic E-state index is 0.501. The lowest BCUT2D eigenvalue weighted by Gasteiger charge is -2.59. The van der Waals surface area contributed by atoms with Gasteiger partial charge in [0.15, 0.2) is 0 Å². The van der Waals surface area contributed by atoms with Crippen molar-refractivity contribution >= 4 is 0 Å². The zero-order valence-electron chi connectivity index (χ0n) is 9.71. The van der Waals surface area contributed by atoms with E-state index in [4.69, 9.17) is 6.42 Å². The van der Waals surface area contributed by atoms with E-state index in [1.165, 1.54) is 38.5 Å². The van der Waals surface area contributed by atoms with Crippen molar-refractivity contribution in [3.05, 3.63) is 0 Å². The summed E-state index contributed by atoms with van der Waals surface area (Å²) in [6, 6.07) is 0. The van der Waals surface area contributed by atoms with Crippen LogP contribution in [0.1, 0.15) is 38.5 Å². The van der Waals surface area contributed by atoms with Gasteiger partial charge in [-0.3, -0.25) is 4.90 Å². The molecule has 1 heteroatoms. The van der Waals surface area contributed by atoms with Gasteiger partial charge in [0.1, 0.15) is 0 Å². The van der Waals surface area contributed by atoms with Gasteiger partial charge in [0.25, 0.3) is 0 Å². The molecule has 0 heterocycles. The van der Waals surface area contributed by atoms with E-state index in [0.29, 0.717) is 5.54 Å². The Hall–Kier alpha value is -0.480. The fourth-order valence-corrected chi connectivity index (χ4v) is 4.84. The molecule has 82 valence electrons. The number of nitrogens with zero attached hydrogens (tertiary/aromatic N) is 1. The van der Waals surface area contributed by atoms with E-state index < -0.39 is 0 Å². The van der Waals surface area contributed by atoms with Gasteiger partial charge in [-0.05, 0) is 63.3 Å². The van der Waals surface area contributed by atoms with Gasteiger partial charge >= 0.3 is 0 Å². The Bertz CT molecular complexity index is 264. The van der Waals surface area contributed by atoms with Crippen LogP contribution in [0.4, 0.5) is 0 Å². The Labute approximate surface area is 93.2 Å². The van der Waals surface area contributed by atoms with E-state index in [1.54, 1.807) is 0 Å². The van der Waals surface area contributed by atoms with Crippen molar-refractivity contribution in [3.8, 4) is 12.3 Å². The van der Waals surface area contributed by atoms with Gasteiger partial charge in [-0.1, -0.05) is 5.92 Å². The molecule has 15 heavy (non-hydrogen) atoms. The van der Waals surface area contributed by atoms with Crippen molar-refractivity contribution in [3.63, 3.8) is 0 Å². The zero-order valence-corrected chi connectivity index (χ0v) is 9.71. The molecule has 0 amide bonds. The van der Waals surface area contributed by atoms with E-state index in [0.717, 1.165) is 24.3 Å². The topological polar surface area (TPSA) is 3.24 Å². The molecule has 0 unspecified atom stereocenters. The lowest BCUT2D eigenvalue weighted by atomic mass is 9.52. The Balaban J connectivity index is 1.84. The maximum absolute atomic E-state index is 5.46. The Morgan fingerprint density at radius 3 is 2.00 bits per heavy atom. The molecule has 0 aliphatic heterocycles. The van der Waals surface area contributed by atoms with Gasteiger partial charge < -0.3 is 0 Å². The third kappa shape index (κ3) is 1.42. The highest BCUT2D eigenvalue weighted by molar-refractivity contribution is 5.08. The van der Waals surface area contributed by atoms with Crippen molar-refractivity contribution in [1.29, 1.82) is 0 Å². The van der Waals surface area contributed by atoms with Crippen LogP contribution in [0.25, 0.3) is 0 Å². The van der Waals surface area contributed by atoms with Crippen molar-refractivity contribution in [1.82, 2.24) is 4.90 Å². The molecule has 4 saturated carbocycles. The normalized spacial score (nSPS) is 47.1. The van der Waals surface area contributed by atoms with Gasteiger partial charge in [0, 0.05) is 5.54 Å². The van der Waals surface area contributed by atoms with Crippen LogP contribution in [-0.4, -0.2) is 24.0 Å². The Kier molecular flexibility index (Phi) is 2.11. The fraction of sp³-hybridized carbons (Fsp3) is 0.857. The SMILES string of the molecule is C#CCN(C)C12CC3CC(CC(C3)C1)C2. The van der Waals surface area contributed by atoms with Crippen LogP contribution in [0.5, 0.6) is 0 Å². The zero-order chi connectivity index (χ0) is 10.5. The van der Waals surface area contributed by atoms with E-state index in [-0.39, 0.29) is 0 Å². The molecular weight excluding hydrogens is 182 g/mol. The molecule has 4 aliphatic carbocycles. The highest BCUT2D eigenvalue weighted by atomic mass is 15.2. The summed E-state index contributed by atoms with van der Waals surface area (Å²) in [5, 5.41) is 0. The molecular formula is C14H21N. The minimum absolute atomic E-state index is 0.501. The van der Waals surface area contributed by atoms with Crippen LogP contribution in [-0.2, 0) is 0 Å².